The number of pyridine rings is 2. The van der Waals surface area contributed by atoms with Gasteiger partial charge in [-0.3, -0.25) is 14.6 Å². The number of carbonyl (C=O) groups is 2. The van der Waals surface area contributed by atoms with Crippen LogP contribution in [0.25, 0.3) is 0 Å². The third-order valence-electron chi connectivity index (χ3n) is 4.14. The molecular weight excluding hydrogens is 318 g/mol. The predicted molar refractivity (Wildman–Crippen MR) is 95.1 cm³/mol. The van der Waals surface area contributed by atoms with Gasteiger partial charge in [0.2, 0.25) is 11.8 Å². The summed E-state index contributed by atoms with van der Waals surface area (Å²) >= 11 is 0. The van der Waals surface area contributed by atoms with Crippen LogP contribution in [0.2, 0.25) is 0 Å². The SMILES string of the molecule is O=C(CCC(=O)N1CCN(c2ccccn2)CC1)Nc1ccncc1. The van der Waals surface area contributed by atoms with Crippen molar-refractivity contribution in [2.75, 3.05) is 36.4 Å². The van der Waals surface area contributed by atoms with Gasteiger partial charge in [0.1, 0.15) is 5.82 Å². The van der Waals surface area contributed by atoms with Crippen LogP contribution in [0.15, 0.2) is 48.9 Å². The van der Waals surface area contributed by atoms with Crippen LogP contribution < -0.4 is 10.2 Å². The van der Waals surface area contributed by atoms with Gasteiger partial charge < -0.3 is 15.1 Å². The van der Waals surface area contributed by atoms with E-state index in [1.165, 1.54) is 0 Å². The molecule has 1 fully saturated rings. The molecule has 1 aliphatic heterocycles. The van der Waals surface area contributed by atoms with E-state index in [1.54, 1.807) is 30.7 Å². The average Bonchev–Trinajstić information content (AvgIpc) is 2.68. The molecule has 2 amide bonds. The summed E-state index contributed by atoms with van der Waals surface area (Å²) in [5.74, 6) is 0.795. The summed E-state index contributed by atoms with van der Waals surface area (Å²) < 4.78 is 0. The molecule has 0 radical (unpaired) electrons. The second kappa shape index (κ2) is 8.23. The van der Waals surface area contributed by atoms with Gasteiger partial charge in [0, 0.05) is 63.3 Å². The van der Waals surface area contributed by atoms with E-state index in [2.05, 4.69) is 20.2 Å². The number of hydrogen-bond acceptors (Lipinski definition) is 5. The number of aromatic nitrogens is 2. The molecule has 0 unspecified atom stereocenters. The normalized spacial score (nSPS) is 14.2. The lowest BCUT2D eigenvalue weighted by molar-refractivity contribution is -0.133. The molecule has 0 aromatic carbocycles. The molecule has 3 rings (SSSR count). The van der Waals surface area contributed by atoms with Crippen LogP contribution in [0.1, 0.15) is 12.8 Å². The predicted octanol–water partition coefficient (Wildman–Crippen LogP) is 1.54. The van der Waals surface area contributed by atoms with Gasteiger partial charge in [0.15, 0.2) is 0 Å². The molecule has 25 heavy (non-hydrogen) atoms. The molecule has 2 aromatic rings. The Bertz CT molecular complexity index is 700. The van der Waals surface area contributed by atoms with Crippen molar-refractivity contribution in [3.63, 3.8) is 0 Å². The smallest absolute Gasteiger partial charge is 0.224 e. The van der Waals surface area contributed by atoms with Crippen molar-refractivity contribution < 1.29 is 9.59 Å². The second-order valence-electron chi connectivity index (χ2n) is 5.84. The minimum Gasteiger partial charge on any atom is -0.353 e. The average molecular weight is 339 g/mol. The number of anilines is 2. The highest BCUT2D eigenvalue weighted by atomic mass is 16.2. The number of amides is 2. The van der Waals surface area contributed by atoms with Crippen molar-refractivity contribution in [2.45, 2.75) is 12.8 Å². The first-order valence-corrected chi connectivity index (χ1v) is 8.36. The second-order valence-corrected chi connectivity index (χ2v) is 5.84. The molecule has 0 aliphatic carbocycles. The molecule has 2 aromatic heterocycles. The maximum atomic E-state index is 12.3. The fourth-order valence-corrected chi connectivity index (χ4v) is 2.76. The Hall–Kier alpha value is -2.96. The van der Waals surface area contributed by atoms with E-state index in [9.17, 15) is 9.59 Å². The maximum Gasteiger partial charge on any atom is 0.224 e. The van der Waals surface area contributed by atoms with E-state index in [4.69, 9.17) is 0 Å². The van der Waals surface area contributed by atoms with Crippen LogP contribution in [0.5, 0.6) is 0 Å². The van der Waals surface area contributed by atoms with Gasteiger partial charge in [0.25, 0.3) is 0 Å². The molecule has 7 nitrogen and oxygen atoms in total. The number of piperazine rings is 1. The minimum absolute atomic E-state index is 0.0190. The van der Waals surface area contributed by atoms with Gasteiger partial charge >= 0.3 is 0 Å². The monoisotopic (exact) mass is 339 g/mol. The standard InChI is InChI=1S/C18H21N5O2/c24-17(21-15-6-9-19-10-7-15)4-5-18(25)23-13-11-22(12-14-23)16-3-1-2-8-20-16/h1-3,6-10H,4-5,11-14H2,(H,19,21,24). The quantitative estimate of drug-likeness (QED) is 0.894. The van der Waals surface area contributed by atoms with Crippen molar-refractivity contribution in [3.8, 4) is 0 Å². The molecule has 1 N–H and O–H groups in total. The van der Waals surface area contributed by atoms with Gasteiger partial charge in [-0.2, -0.15) is 0 Å². The summed E-state index contributed by atoms with van der Waals surface area (Å²) in [6.45, 7) is 2.82. The molecular formula is C18H21N5O2. The molecule has 7 heteroatoms. The van der Waals surface area contributed by atoms with E-state index in [0.717, 1.165) is 18.9 Å². The van der Waals surface area contributed by atoms with E-state index in [-0.39, 0.29) is 24.7 Å². The van der Waals surface area contributed by atoms with Gasteiger partial charge in [0.05, 0.1) is 0 Å². The zero-order valence-corrected chi connectivity index (χ0v) is 14.0. The highest BCUT2D eigenvalue weighted by Crippen LogP contribution is 2.13. The molecule has 130 valence electrons. The molecule has 0 bridgehead atoms. The summed E-state index contributed by atoms with van der Waals surface area (Å²) in [6, 6.07) is 9.26. The Kier molecular flexibility index (Phi) is 5.56. The van der Waals surface area contributed by atoms with Gasteiger partial charge in [-0.05, 0) is 24.3 Å². The zero-order valence-electron chi connectivity index (χ0n) is 14.0. The van der Waals surface area contributed by atoms with Gasteiger partial charge in [-0.15, -0.1) is 0 Å². The Morgan fingerprint density at radius 3 is 2.40 bits per heavy atom. The maximum absolute atomic E-state index is 12.3. The molecule has 3 heterocycles. The first kappa shape index (κ1) is 16.9. The molecule has 0 atom stereocenters. The number of hydrogen-bond donors (Lipinski definition) is 1. The van der Waals surface area contributed by atoms with Gasteiger partial charge in [-0.1, -0.05) is 6.07 Å². The molecule has 0 spiro atoms. The van der Waals surface area contributed by atoms with Crippen molar-refractivity contribution in [1.82, 2.24) is 14.9 Å². The van der Waals surface area contributed by atoms with E-state index in [1.807, 2.05) is 23.1 Å². The Morgan fingerprint density at radius 2 is 1.72 bits per heavy atom. The minimum atomic E-state index is -0.160. The van der Waals surface area contributed by atoms with E-state index >= 15 is 0 Å². The summed E-state index contributed by atoms with van der Waals surface area (Å²) in [5, 5.41) is 2.76. The van der Waals surface area contributed by atoms with Crippen LogP contribution in [-0.4, -0.2) is 52.9 Å². The van der Waals surface area contributed by atoms with Crippen molar-refractivity contribution >= 4 is 23.3 Å². The summed E-state index contributed by atoms with van der Waals surface area (Å²) in [5.41, 5.74) is 0.691. The zero-order chi connectivity index (χ0) is 17.5. The summed E-state index contributed by atoms with van der Waals surface area (Å²) in [7, 11) is 0. The lowest BCUT2D eigenvalue weighted by atomic mass is 10.2. The Labute approximate surface area is 146 Å². The van der Waals surface area contributed by atoms with Crippen molar-refractivity contribution in [1.29, 1.82) is 0 Å². The van der Waals surface area contributed by atoms with Crippen LogP contribution in [0.3, 0.4) is 0 Å². The summed E-state index contributed by atoms with van der Waals surface area (Å²) in [4.78, 5) is 36.4. The van der Waals surface area contributed by atoms with Crippen LogP contribution in [-0.2, 0) is 9.59 Å². The van der Waals surface area contributed by atoms with Crippen molar-refractivity contribution in [3.05, 3.63) is 48.9 Å². The Morgan fingerprint density at radius 1 is 0.960 bits per heavy atom. The largest absolute Gasteiger partial charge is 0.353 e. The highest BCUT2D eigenvalue weighted by molar-refractivity contribution is 5.93. The fourth-order valence-electron chi connectivity index (χ4n) is 2.76. The fraction of sp³-hybridized carbons (Fsp3) is 0.333. The van der Waals surface area contributed by atoms with Gasteiger partial charge in [-0.25, -0.2) is 4.98 Å². The molecule has 1 saturated heterocycles. The molecule has 0 saturated carbocycles. The first-order valence-electron chi connectivity index (χ1n) is 8.36. The lowest BCUT2D eigenvalue weighted by Gasteiger charge is -2.35. The van der Waals surface area contributed by atoms with E-state index < -0.39 is 0 Å². The van der Waals surface area contributed by atoms with E-state index in [0.29, 0.717) is 18.8 Å². The third-order valence-corrected chi connectivity index (χ3v) is 4.14. The topological polar surface area (TPSA) is 78.4 Å². The summed E-state index contributed by atoms with van der Waals surface area (Å²) in [6.07, 6.45) is 5.40. The van der Waals surface area contributed by atoms with Crippen LogP contribution in [0.4, 0.5) is 11.5 Å². The Balaban J connectivity index is 1.41. The molecule has 1 aliphatic rings. The lowest BCUT2D eigenvalue weighted by Crippen LogP contribution is -2.49. The first-order chi connectivity index (χ1) is 12.2. The number of nitrogens with one attached hydrogen (secondary N) is 1. The number of rotatable bonds is 5. The highest BCUT2D eigenvalue weighted by Gasteiger charge is 2.22. The van der Waals surface area contributed by atoms with Crippen LogP contribution >= 0.6 is 0 Å². The number of carbonyl (C=O) groups excluding carboxylic acids is 2. The number of nitrogens with zero attached hydrogens (tertiary/aromatic N) is 4. The van der Waals surface area contributed by atoms with Crippen molar-refractivity contribution in [2.24, 2.45) is 0 Å². The third kappa shape index (κ3) is 4.76. The van der Waals surface area contributed by atoms with Crippen LogP contribution in [0, 0.1) is 0 Å².